The normalized spacial score (nSPS) is 15.9. The third kappa shape index (κ3) is 3.68. The number of ether oxygens (including phenoxy) is 2. The predicted octanol–water partition coefficient (Wildman–Crippen LogP) is 3.89. The zero-order valence-electron chi connectivity index (χ0n) is 14.8. The third-order valence-electron chi connectivity index (χ3n) is 4.34. The number of hydrogen-bond acceptors (Lipinski definition) is 7. The zero-order valence-corrected chi connectivity index (χ0v) is 15.6. The van der Waals surface area contributed by atoms with E-state index in [2.05, 4.69) is 10.2 Å². The molecule has 0 aliphatic carbocycles. The molecule has 8 heteroatoms. The van der Waals surface area contributed by atoms with Crippen molar-refractivity contribution in [1.29, 1.82) is 0 Å². The van der Waals surface area contributed by atoms with Crippen molar-refractivity contribution in [1.82, 2.24) is 10.2 Å². The summed E-state index contributed by atoms with van der Waals surface area (Å²) < 4.78 is 22.0. The summed E-state index contributed by atoms with van der Waals surface area (Å²) >= 11 is 6.00. The Bertz CT molecular complexity index is 994. The number of hydrogen-bond donors (Lipinski definition) is 0. The molecule has 7 nitrogen and oxygen atoms in total. The number of aryl methyl sites for hydroxylation is 2. The number of esters is 1. The maximum Gasteiger partial charge on any atom is 0.313 e. The van der Waals surface area contributed by atoms with E-state index in [1.165, 1.54) is 0 Å². The van der Waals surface area contributed by atoms with Crippen molar-refractivity contribution in [3.8, 4) is 17.2 Å². The Kier molecular flexibility index (Phi) is 4.61. The summed E-state index contributed by atoms with van der Waals surface area (Å²) in [4.78, 5) is 12.4. The molecule has 0 bridgehead atoms. The molecule has 2 aromatic heterocycles. The summed E-state index contributed by atoms with van der Waals surface area (Å²) in [6, 6.07) is 7.19. The molecule has 0 spiro atoms. The van der Waals surface area contributed by atoms with Crippen LogP contribution < -0.4 is 4.74 Å². The van der Waals surface area contributed by atoms with Gasteiger partial charge in [-0.1, -0.05) is 11.6 Å². The van der Waals surface area contributed by atoms with Gasteiger partial charge in [0.2, 0.25) is 0 Å². The van der Waals surface area contributed by atoms with Crippen molar-refractivity contribution in [2.45, 2.75) is 26.9 Å². The summed E-state index contributed by atoms with van der Waals surface area (Å²) in [5.74, 6) is 1.96. The van der Waals surface area contributed by atoms with Crippen LogP contribution in [0.5, 0.6) is 5.75 Å². The molecule has 0 saturated carbocycles. The SMILES string of the molecule is Cc1cc(-c2nnc(COC(=O)[C@H]3COc4ccc(Cl)cc4C3)o2)c(C)o1. The highest BCUT2D eigenvalue weighted by Gasteiger charge is 2.28. The molecule has 140 valence electrons. The minimum atomic E-state index is -0.405. The molecule has 1 aromatic carbocycles. The lowest BCUT2D eigenvalue weighted by Gasteiger charge is -2.23. The van der Waals surface area contributed by atoms with Gasteiger partial charge in [-0.25, -0.2) is 0 Å². The third-order valence-corrected chi connectivity index (χ3v) is 4.57. The maximum atomic E-state index is 12.4. The second-order valence-electron chi connectivity index (χ2n) is 6.40. The molecule has 3 aromatic rings. The highest BCUT2D eigenvalue weighted by Crippen LogP contribution is 2.30. The second-order valence-corrected chi connectivity index (χ2v) is 6.84. The zero-order chi connectivity index (χ0) is 19.0. The first-order valence-electron chi connectivity index (χ1n) is 8.47. The van der Waals surface area contributed by atoms with Gasteiger partial charge in [0, 0.05) is 5.02 Å². The van der Waals surface area contributed by atoms with Crippen molar-refractivity contribution in [3.63, 3.8) is 0 Å². The smallest absolute Gasteiger partial charge is 0.313 e. The molecule has 0 N–H and O–H groups in total. The topological polar surface area (TPSA) is 87.6 Å². The van der Waals surface area contributed by atoms with Gasteiger partial charge < -0.3 is 18.3 Å². The van der Waals surface area contributed by atoms with E-state index in [1.807, 2.05) is 19.9 Å². The number of aromatic nitrogens is 2. The minimum Gasteiger partial charge on any atom is -0.492 e. The maximum absolute atomic E-state index is 12.4. The van der Waals surface area contributed by atoms with Crippen LogP contribution >= 0.6 is 11.6 Å². The summed E-state index contributed by atoms with van der Waals surface area (Å²) in [5.41, 5.74) is 1.62. The van der Waals surface area contributed by atoms with Gasteiger partial charge in [0.15, 0.2) is 6.61 Å². The number of benzene rings is 1. The Balaban J connectivity index is 1.38. The van der Waals surface area contributed by atoms with Crippen molar-refractivity contribution in [3.05, 3.63) is 52.3 Å². The van der Waals surface area contributed by atoms with Crippen LogP contribution in [0.3, 0.4) is 0 Å². The number of carbonyl (C=O) groups excluding carboxylic acids is 1. The summed E-state index contributed by atoms with van der Waals surface area (Å²) in [5, 5.41) is 8.51. The first kappa shape index (κ1) is 17.6. The first-order valence-corrected chi connectivity index (χ1v) is 8.85. The number of fused-ring (bicyclic) bond motifs is 1. The van der Waals surface area contributed by atoms with Crippen LogP contribution in [0.4, 0.5) is 0 Å². The van der Waals surface area contributed by atoms with E-state index in [4.69, 9.17) is 29.9 Å². The molecule has 1 aliphatic rings. The Morgan fingerprint density at radius 2 is 2.11 bits per heavy atom. The molecule has 3 heterocycles. The lowest BCUT2D eigenvalue weighted by Crippen LogP contribution is -2.29. The molecule has 0 fully saturated rings. The van der Waals surface area contributed by atoms with E-state index < -0.39 is 5.92 Å². The van der Waals surface area contributed by atoms with E-state index in [-0.39, 0.29) is 25.1 Å². The van der Waals surface area contributed by atoms with E-state index in [0.29, 0.717) is 23.1 Å². The standard InChI is InChI=1S/C19H17ClN2O5/c1-10-5-15(11(2)26-10)18-22-21-17(27-18)9-25-19(23)13-6-12-7-14(20)3-4-16(12)24-8-13/h3-5,7,13H,6,8-9H2,1-2H3/t13-/m1/s1. The van der Waals surface area contributed by atoms with Crippen LogP contribution in [-0.4, -0.2) is 22.8 Å². The molecule has 4 rings (SSSR count). The van der Waals surface area contributed by atoms with Gasteiger partial charge in [-0.15, -0.1) is 10.2 Å². The van der Waals surface area contributed by atoms with Crippen molar-refractivity contribution < 1.29 is 23.1 Å². The fourth-order valence-electron chi connectivity index (χ4n) is 3.03. The number of nitrogens with zero attached hydrogens (tertiary/aromatic N) is 2. The molecule has 0 saturated heterocycles. The predicted molar refractivity (Wildman–Crippen MR) is 95.4 cm³/mol. The molecule has 1 atom stereocenters. The quantitative estimate of drug-likeness (QED) is 0.626. The number of rotatable bonds is 4. The van der Waals surface area contributed by atoms with Crippen molar-refractivity contribution in [2.24, 2.45) is 5.92 Å². The number of halogens is 1. The van der Waals surface area contributed by atoms with E-state index in [0.717, 1.165) is 22.6 Å². The number of furan rings is 1. The summed E-state index contributed by atoms with van der Waals surface area (Å²) in [6.07, 6.45) is 0.511. The first-order chi connectivity index (χ1) is 13.0. The van der Waals surface area contributed by atoms with E-state index in [9.17, 15) is 4.79 Å². The van der Waals surface area contributed by atoms with Gasteiger partial charge in [0.05, 0.1) is 11.5 Å². The molecule has 1 aliphatic heterocycles. The fraction of sp³-hybridized carbons (Fsp3) is 0.316. The van der Waals surface area contributed by atoms with Crippen LogP contribution in [0.2, 0.25) is 5.02 Å². The summed E-state index contributed by atoms with van der Waals surface area (Å²) in [6.45, 7) is 3.82. The van der Waals surface area contributed by atoms with Crippen LogP contribution in [0, 0.1) is 19.8 Å². The Labute approximate surface area is 160 Å². The fourth-order valence-corrected chi connectivity index (χ4v) is 3.22. The Morgan fingerprint density at radius 3 is 2.89 bits per heavy atom. The minimum absolute atomic E-state index is 0.0966. The van der Waals surface area contributed by atoms with Crippen LogP contribution in [0.25, 0.3) is 11.5 Å². The molecule has 0 radical (unpaired) electrons. The van der Waals surface area contributed by atoms with Crippen LogP contribution in [0.1, 0.15) is 23.0 Å². The van der Waals surface area contributed by atoms with Crippen LogP contribution in [-0.2, 0) is 22.6 Å². The van der Waals surface area contributed by atoms with Gasteiger partial charge >= 0.3 is 5.97 Å². The van der Waals surface area contributed by atoms with Gasteiger partial charge in [-0.2, -0.15) is 0 Å². The number of carbonyl (C=O) groups is 1. The van der Waals surface area contributed by atoms with Gasteiger partial charge in [0.1, 0.15) is 23.9 Å². The van der Waals surface area contributed by atoms with E-state index in [1.54, 1.807) is 18.2 Å². The second kappa shape index (κ2) is 7.08. The largest absolute Gasteiger partial charge is 0.492 e. The summed E-state index contributed by atoms with van der Waals surface area (Å²) in [7, 11) is 0. The Morgan fingerprint density at radius 1 is 1.26 bits per heavy atom. The van der Waals surface area contributed by atoms with Crippen molar-refractivity contribution in [2.75, 3.05) is 6.61 Å². The molecular weight excluding hydrogens is 372 g/mol. The van der Waals surface area contributed by atoms with Crippen molar-refractivity contribution >= 4 is 17.6 Å². The lowest BCUT2D eigenvalue weighted by atomic mass is 9.97. The highest BCUT2D eigenvalue weighted by molar-refractivity contribution is 6.30. The monoisotopic (exact) mass is 388 g/mol. The molecule has 0 amide bonds. The van der Waals surface area contributed by atoms with Gasteiger partial charge in [0.25, 0.3) is 11.8 Å². The Hall–Kier alpha value is -2.80. The van der Waals surface area contributed by atoms with Gasteiger partial charge in [-0.3, -0.25) is 4.79 Å². The highest BCUT2D eigenvalue weighted by atomic mass is 35.5. The molecule has 0 unspecified atom stereocenters. The van der Waals surface area contributed by atoms with Gasteiger partial charge in [-0.05, 0) is 50.1 Å². The average molecular weight is 389 g/mol. The van der Waals surface area contributed by atoms with Crippen LogP contribution in [0.15, 0.2) is 33.1 Å². The van der Waals surface area contributed by atoms with E-state index >= 15 is 0 Å². The molecule has 27 heavy (non-hydrogen) atoms. The average Bonchev–Trinajstić information content (AvgIpc) is 3.24. The lowest BCUT2D eigenvalue weighted by molar-refractivity contribution is -0.152. The molecular formula is C19H17ClN2O5.